The van der Waals surface area contributed by atoms with Crippen molar-refractivity contribution in [1.29, 1.82) is 0 Å². The second-order valence-electron chi connectivity index (χ2n) is 10.5. The second-order valence-corrected chi connectivity index (χ2v) is 14.8. The minimum absolute atomic E-state index is 0.189. The number of anilines is 1. The van der Waals surface area contributed by atoms with E-state index in [1.165, 1.54) is 48.3 Å². The first-order chi connectivity index (χ1) is 20.3. The molecular formula is C37H28N2P2. The van der Waals surface area contributed by atoms with Crippen molar-refractivity contribution in [2.75, 3.05) is 5.32 Å². The van der Waals surface area contributed by atoms with E-state index in [0.29, 0.717) is 0 Å². The van der Waals surface area contributed by atoms with Gasteiger partial charge in [-0.3, -0.25) is 0 Å². The Bertz CT molecular complexity index is 1960. The molecular weight excluding hydrogens is 534 g/mol. The van der Waals surface area contributed by atoms with E-state index in [4.69, 9.17) is 4.98 Å². The molecule has 6 aromatic rings. The van der Waals surface area contributed by atoms with E-state index in [1.54, 1.807) is 0 Å². The van der Waals surface area contributed by atoms with Gasteiger partial charge < -0.3 is 5.32 Å². The molecule has 1 N–H and O–H groups in total. The fraction of sp³-hybridized carbons (Fsp3) is 0.0541. The maximum atomic E-state index is 5.60. The van der Waals surface area contributed by atoms with Crippen LogP contribution < -0.4 is 31.8 Å². The summed E-state index contributed by atoms with van der Waals surface area (Å²) in [4.78, 5) is 5.60. The van der Waals surface area contributed by atoms with Gasteiger partial charge in [0.25, 0.3) is 0 Å². The molecule has 196 valence electrons. The van der Waals surface area contributed by atoms with Gasteiger partial charge in [-0.05, 0) is 50.3 Å². The fourth-order valence-corrected chi connectivity index (χ4v) is 11.4. The van der Waals surface area contributed by atoms with Gasteiger partial charge in [0.05, 0.1) is 17.1 Å². The number of hydrogen-bond acceptors (Lipinski definition) is 2. The number of fused-ring (bicyclic) bond motifs is 2. The Morgan fingerprint density at radius 1 is 0.585 bits per heavy atom. The van der Waals surface area contributed by atoms with Gasteiger partial charge in [-0.25, -0.2) is 4.98 Å². The van der Waals surface area contributed by atoms with Crippen LogP contribution in [0.5, 0.6) is 0 Å². The Labute approximate surface area is 243 Å². The van der Waals surface area contributed by atoms with Crippen molar-refractivity contribution < 1.29 is 0 Å². The third-order valence-corrected chi connectivity index (χ3v) is 13.2. The highest BCUT2D eigenvalue weighted by Crippen LogP contribution is 2.49. The number of para-hydroxylation sites is 3. The maximum absolute atomic E-state index is 5.60. The number of nitrogens with one attached hydrogen (secondary N) is 1. The Morgan fingerprint density at radius 3 is 1.88 bits per heavy atom. The molecule has 0 saturated carbocycles. The van der Waals surface area contributed by atoms with Crippen LogP contribution in [-0.4, -0.2) is 11.0 Å². The molecule has 0 saturated heterocycles. The number of rotatable bonds is 2. The van der Waals surface area contributed by atoms with Crippen LogP contribution in [-0.2, 0) is 0 Å². The fourth-order valence-electron chi connectivity index (χ4n) is 6.16. The zero-order valence-electron chi connectivity index (χ0n) is 22.5. The average Bonchev–Trinajstić information content (AvgIpc) is 3.03. The lowest BCUT2D eigenvalue weighted by Crippen LogP contribution is -2.31. The van der Waals surface area contributed by atoms with E-state index < -0.39 is 15.8 Å². The molecule has 1 aromatic heterocycles. The lowest BCUT2D eigenvalue weighted by molar-refractivity contribution is 0.869. The van der Waals surface area contributed by atoms with Crippen LogP contribution in [0, 0.1) is 0 Å². The van der Waals surface area contributed by atoms with Crippen molar-refractivity contribution in [2.24, 2.45) is 0 Å². The van der Waals surface area contributed by atoms with Gasteiger partial charge in [-0.1, -0.05) is 133 Å². The molecule has 3 atom stereocenters. The number of hydrogen-bond donors (Lipinski definition) is 1. The van der Waals surface area contributed by atoms with E-state index in [9.17, 15) is 0 Å². The number of allylic oxidation sites excluding steroid dienone is 2. The predicted molar refractivity (Wildman–Crippen MR) is 180 cm³/mol. The topological polar surface area (TPSA) is 24.9 Å². The van der Waals surface area contributed by atoms with Gasteiger partial charge in [0.1, 0.15) is 0 Å². The zero-order chi connectivity index (χ0) is 27.2. The highest BCUT2D eigenvalue weighted by Gasteiger charge is 2.31. The SMILES string of the molecule is C1=CCC2Nc3ccccc3P(c3ccccc3)c3cccc4cc5cccc(c5nc34)P(c3ccccc3)C2=C1. The predicted octanol–water partition coefficient (Wildman–Crippen LogP) is 7.22. The monoisotopic (exact) mass is 562 g/mol. The first-order valence-corrected chi connectivity index (χ1v) is 16.8. The number of benzene rings is 5. The van der Waals surface area contributed by atoms with Crippen LogP contribution in [0.25, 0.3) is 21.8 Å². The highest BCUT2D eigenvalue weighted by molar-refractivity contribution is 7.80. The summed E-state index contributed by atoms with van der Waals surface area (Å²) in [5.41, 5.74) is 3.44. The molecule has 4 heteroatoms. The third-order valence-electron chi connectivity index (χ3n) is 8.00. The average molecular weight is 563 g/mol. The van der Waals surface area contributed by atoms with E-state index in [1.807, 2.05) is 0 Å². The minimum Gasteiger partial charge on any atom is -0.377 e. The maximum Gasteiger partial charge on any atom is 0.0793 e. The number of aromatic nitrogens is 1. The molecule has 2 bridgehead atoms. The van der Waals surface area contributed by atoms with Crippen molar-refractivity contribution in [2.45, 2.75) is 12.5 Å². The number of pyridine rings is 1. The largest absolute Gasteiger partial charge is 0.377 e. The Balaban J connectivity index is 1.51. The molecule has 0 spiro atoms. The van der Waals surface area contributed by atoms with Crippen molar-refractivity contribution in [3.63, 3.8) is 0 Å². The molecule has 1 aliphatic carbocycles. The Kier molecular flexibility index (Phi) is 6.25. The van der Waals surface area contributed by atoms with E-state index in [-0.39, 0.29) is 6.04 Å². The lowest BCUT2D eigenvalue weighted by atomic mass is 10.1. The quantitative estimate of drug-likeness (QED) is 0.178. The summed E-state index contributed by atoms with van der Waals surface area (Å²) >= 11 is 0. The van der Waals surface area contributed by atoms with E-state index >= 15 is 0 Å². The molecule has 2 nitrogen and oxygen atoms in total. The molecule has 41 heavy (non-hydrogen) atoms. The van der Waals surface area contributed by atoms with Gasteiger partial charge in [0, 0.05) is 32.4 Å². The van der Waals surface area contributed by atoms with Gasteiger partial charge >= 0.3 is 0 Å². The van der Waals surface area contributed by atoms with Crippen molar-refractivity contribution in [1.82, 2.24) is 4.98 Å². The first-order valence-electron chi connectivity index (χ1n) is 14.1. The van der Waals surface area contributed by atoms with Crippen molar-refractivity contribution >= 4 is 69.9 Å². The molecule has 2 aliphatic rings. The molecule has 3 unspecified atom stereocenters. The minimum atomic E-state index is -0.856. The molecule has 2 heterocycles. The van der Waals surface area contributed by atoms with Crippen LogP contribution in [0.1, 0.15) is 6.42 Å². The molecule has 1 aliphatic heterocycles. The Hall–Kier alpha value is -4.09. The molecule has 5 aromatic carbocycles. The summed E-state index contributed by atoms with van der Waals surface area (Å²) in [5, 5.41) is 14.6. The normalized spacial score (nSPS) is 19.6. The van der Waals surface area contributed by atoms with Gasteiger partial charge in [0.15, 0.2) is 0 Å². The first kappa shape index (κ1) is 24.7. The second kappa shape index (κ2) is 10.4. The van der Waals surface area contributed by atoms with Crippen LogP contribution in [0.4, 0.5) is 5.69 Å². The third kappa shape index (κ3) is 4.31. The molecule has 0 fully saturated rings. The molecule has 8 rings (SSSR count). The summed E-state index contributed by atoms with van der Waals surface area (Å²) in [5.74, 6) is 0. The number of nitrogens with zero attached hydrogens (tertiary/aromatic N) is 1. The summed E-state index contributed by atoms with van der Waals surface area (Å²) in [6.07, 6.45) is 7.86. The Morgan fingerprint density at radius 2 is 1.17 bits per heavy atom. The van der Waals surface area contributed by atoms with Gasteiger partial charge in [0.2, 0.25) is 0 Å². The molecule has 0 amide bonds. The zero-order valence-corrected chi connectivity index (χ0v) is 24.3. The summed E-state index contributed by atoms with van der Waals surface area (Å²) in [6.45, 7) is 0. The van der Waals surface area contributed by atoms with Crippen LogP contribution >= 0.6 is 15.8 Å². The summed E-state index contributed by atoms with van der Waals surface area (Å²) in [6, 6.07) is 47.0. The van der Waals surface area contributed by atoms with Crippen molar-refractivity contribution in [3.8, 4) is 0 Å². The van der Waals surface area contributed by atoms with Gasteiger partial charge in [-0.15, -0.1) is 0 Å². The van der Waals surface area contributed by atoms with Crippen molar-refractivity contribution in [3.05, 3.63) is 151 Å². The highest BCUT2D eigenvalue weighted by atomic mass is 31.1. The summed E-state index contributed by atoms with van der Waals surface area (Å²) < 4.78 is 0. The molecule has 0 radical (unpaired) electrons. The van der Waals surface area contributed by atoms with E-state index in [2.05, 4.69) is 151 Å². The van der Waals surface area contributed by atoms with Crippen LogP contribution in [0.2, 0.25) is 0 Å². The summed E-state index contributed by atoms with van der Waals surface area (Å²) in [7, 11) is -1.67. The smallest absolute Gasteiger partial charge is 0.0793 e. The standard InChI is InChI=1S/C37H28N2P2/c1-3-15-28(16-4-1)40-32-21-9-7-19-30(32)38-31-20-8-10-22-33(31)41(29-17-5-2-6-18-29)35-24-12-14-27-25-26-13-11-23-34(40)36(26)39-37(27)35/h1-19,21-25,31,38H,20H2. The lowest BCUT2D eigenvalue weighted by Gasteiger charge is -2.33. The van der Waals surface area contributed by atoms with E-state index in [0.717, 1.165) is 17.5 Å². The van der Waals surface area contributed by atoms with Crippen LogP contribution in [0.3, 0.4) is 0 Å². The van der Waals surface area contributed by atoms with Gasteiger partial charge in [-0.2, -0.15) is 0 Å². The van der Waals surface area contributed by atoms with Crippen LogP contribution in [0.15, 0.2) is 151 Å².